The van der Waals surface area contributed by atoms with Gasteiger partial charge in [0.1, 0.15) is 5.82 Å². The van der Waals surface area contributed by atoms with E-state index in [4.69, 9.17) is 10.9 Å². The van der Waals surface area contributed by atoms with E-state index in [-0.39, 0.29) is 11.7 Å². The van der Waals surface area contributed by atoms with E-state index in [0.717, 1.165) is 18.0 Å². The third-order valence-corrected chi connectivity index (χ3v) is 4.50. The highest BCUT2D eigenvalue weighted by Gasteiger charge is 2.53. The SMILES string of the molecule is N/C(=N/O)c1cc(F)cc(CNCC2(C3CC3)CC2)c1. The number of rotatable bonds is 6. The van der Waals surface area contributed by atoms with Crippen LogP contribution in [0.15, 0.2) is 23.4 Å². The van der Waals surface area contributed by atoms with Crippen LogP contribution in [0.3, 0.4) is 0 Å². The summed E-state index contributed by atoms with van der Waals surface area (Å²) in [5.74, 6) is 0.479. The van der Waals surface area contributed by atoms with Gasteiger partial charge in [-0.25, -0.2) is 4.39 Å². The summed E-state index contributed by atoms with van der Waals surface area (Å²) in [6.45, 7) is 1.62. The Morgan fingerprint density at radius 3 is 2.75 bits per heavy atom. The molecule has 2 aliphatic carbocycles. The molecule has 0 heterocycles. The first-order valence-corrected chi connectivity index (χ1v) is 7.11. The quantitative estimate of drug-likeness (QED) is 0.323. The lowest BCUT2D eigenvalue weighted by Crippen LogP contribution is -2.25. The van der Waals surface area contributed by atoms with Crippen molar-refractivity contribution >= 4 is 5.84 Å². The Balaban J connectivity index is 1.61. The number of hydrogen-bond acceptors (Lipinski definition) is 3. The number of amidine groups is 1. The van der Waals surface area contributed by atoms with Crippen LogP contribution in [0.25, 0.3) is 0 Å². The van der Waals surface area contributed by atoms with Crippen LogP contribution in [0.5, 0.6) is 0 Å². The van der Waals surface area contributed by atoms with Crippen molar-refractivity contribution in [2.75, 3.05) is 6.54 Å². The molecule has 0 amide bonds. The fourth-order valence-corrected chi connectivity index (χ4v) is 3.00. The standard InChI is InChI=1S/C15H20FN3O/c16-13-6-10(5-11(7-13)14(17)19-20)8-18-9-15(3-4-15)12-1-2-12/h5-7,12,18,20H,1-4,8-9H2,(H2,17,19). The van der Waals surface area contributed by atoms with Crippen molar-refractivity contribution < 1.29 is 9.60 Å². The van der Waals surface area contributed by atoms with Gasteiger partial charge in [0.15, 0.2) is 5.84 Å². The summed E-state index contributed by atoms with van der Waals surface area (Å²) in [5.41, 5.74) is 7.26. The lowest BCUT2D eigenvalue weighted by Gasteiger charge is -2.15. The fraction of sp³-hybridized carbons (Fsp3) is 0.533. The normalized spacial score (nSPS) is 20.9. The van der Waals surface area contributed by atoms with Crippen molar-refractivity contribution in [1.29, 1.82) is 0 Å². The van der Waals surface area contributed by atoms with E-state index in [9.17, 15) is 4.39 Å². The minimum atomic E-state index is -0.366. The van der Waals surface area contributed by atoms with E-state index < -0.39 is 0 Å². The zero-order valence-corrected chi connectivity index (χ0v) is 11.4. The third-order valence-electron chi connectivity index (χ3n) is 4.50. The number of nitrogens with zero attached hydrogens (tertiary/aromatic N) is 1. The van der Waals surface area contributed by atoms with Crippen LogP contribution in [0.4, 0.5) is 4.39 Å². The van der Waals surface area contributed by atoms with Crippen molar-refractivity contribution in [3.63, 3.8) is 0 Å². The van der Waals surface area contributed by atoms with Crippen LogP contribution in [0, 0.1) is 17.2 Å². The van der Waals surface area contributed by atoms with Crippen molar-refractivity contribution in [2.24, 2.45) is 22.2 Å². The maximum atomic E-state index is 13.5. The average molecular weight is 277 g/mol. The molecule has 2 aliphatic rings. The Labute approximate surface area is 117 Å². The van der Waals surface area contributed by atoms with Gasteiger partial charge in [0.05, 0.1) is 0 Å². The van der Waals surface area contributed by atoms with E-state index in [0.29, 0.717) is 17.5 Å². The summed E-state index contributed by atoms with van der Waals surface area (Å²) in [5, 5.41) is 15.0. The van der Waals surface area contributed by atoms with Gasteiger partial charge in [0, 0.05) is 18.7 Å². The van der Waals surface area contributed by atoms with Crippen molar-refractivity contribution in [2.45, 2.75) is 32.2 Å². The number of halogens is 1. The highest BCUT2D eigenvalue weighted by Crippen LogP contribution is 2.60. The van der Waals surface area contributed by atoms with Gasteiger partial charge in [-0.05, 0) is 60.8 Å². The monoisotopic (exact) mass is 277 g/mol. The van der Waals surface area contributed by atoms with Gasteiger partial charge in [-0.15, -0.1) is 0 Å². The van der Waals surface area contributed by atoms with Crippen LogP contribution in [-0.4, -0.2) is 17.6 Å². The highest BCUT2D eigenvalue weighted by molar-refractivity contribution is 5.97. The smallest absolute Gasteiger partial charge is 0.170 e. The average Bonchev–Trinajstić information content (AvgIpc) is 3.28. The van der Waals surface area contributed by atoms with Crippen molar-refractivity contribution in [3.05, 3.63) is 35.1 Å². The van der Waals surface area contributed by atoms with E-state index in [1.54, 1.807) is 6.07 Å². The lowest BCUT2D eigenvalue weighted by atomic mass is 10.0. The molecule has 5 heteroatoms. The zero-order valence-electron chi connectivity index (χ0n) is 11.4. The predicted octanol–water partition coefficient (Wildman–Crippen LogP) is 2.20. The first kappa shape index (κ1) is 13.4. The third kappa shape index (κ3) is 2.77. The first-order valence-electron chi connectivity index (χ1n) is 7.11. The van der Waals surface area contributed by atoms with Gasteiger partial charge in [-0.1, -0.05) is 5.16 Å². The lowest BCUT2D eigenvalue weighted by molar-refractivity contribution is 0.318. The molecule has 1 aromatic rings. The molecular weight excluding hydrogens is 257 g/mol. The summed E-state index contributed by atoms with van der Waals surface area (Å²) in [4.78, 5) is 0. The molecule has 20 heavy (non-hydrogen) atoms. The maximum absolute atomic E-state index is 13.5. The first-order chi connectivity index (χ1) is 9.63. The molecule has 2 saturated carbocycles. The van der Waals surface area contributed by atoms with Crippen molar-refractivity contribution in [1.82, 2.24) is 5.32 Å². The molecule has 4 nitrogen and oxygen atoms in total. The summed E-state index contributed by atoms with van der Waals surface area (Å²) >= 11 is 0. The molecule has 0 radical (unpaired) electrons. The number of benzene rings is 1. The van der Waals surface area contributed by atoms with Gasteiger partial charge < -0.3 is 16.3 Å². The largest absolute Gasteiger partial charge is 0.409 e. The van der Waals surface area contributed by atoms with Crippen LogP contribution < -0.4 is 11.1 Å². The molecule has 0 bridgehead atoms. The summed E-state index contributed by atoms with van der Waals surface area (Å²) in [6, 6.07) is 4.50. The van der Waals surface area contributed by atoms with E-state index in [1.807, 2.05) is 0 Å². The van der Waals surface area contributed by atoms with Crippen LogP contribution in [-0.2, 0) is 6.54 Å². The second-order valence-corrected chi connectivity index (χ2v) is 6.07. The highest BCUT2D eigenvalue weighted by atomic mass is 19.1. The van der Waals surface area contributed by atoms with E-state index in [1.165, 1.54) is 37.8 Å². The number of oxime groups is 1. The van der Waals surface area contributed by atoms with Crippen LogP contribution in [0.1, 0.15) is 36.8 Å². The van der Waals surface area contributed by atoms with Gasteiger partial charge in [0.25, 0.3) is 0 Å². The Morgan fingerprint density at radius 1 is 1.40 bits per heavy atom. The molecule has 108 valence electrons. The summed E-state index contributed by atoms with van der Waals surface area (Å²) in [6.07, 6.45) is 5.39. The molecule has 0 atom stereocenters. The summed E-state index contributed by atoms with van der Waals surface area (Å²) in [7, 11) is 0. The Bertz CT molecular complexity index is 536. The van der Waals surface area contributed by atoms with E-state index >= 15 is 0 Å². The number of nitrogens with one attached hydrogen (secondary N) is 1. The molecule has 3 rings (SSSR count). The molecule has 1 aromatic carbocycles. The van der Waals surface area contributed by atoms with Gasteiger partial charge >= 0.3 is 0 Å². The molecular formula is C15H20FN3O. The van der Waals surface area contributed by atoms with Gasteiger partial charge in [-0.2, -0.15) is 0 Å². The van der Waals surface area contributed by atoms with Crippen LogP contribution in [0.2, 0.25) is 0 Å². The fourth-order valence-electron chi connectivity index (χ4n) is 3.00. The van der Waals surface area contributed by atoms with Gasteiger partial charge in [-0.3, -0.25) is 0 Å². The minimum absolute atomic E-state index is 0.0672. The molecule has 4 N–H and O–H groups in total. The Hall–Kier alpha value is -1.62. The Morgan fingerprint density at radius 2 is 2.15 bits per heavy atom. The van der Waals surface area contributed by atoms with Crippen molar-refractivity contribution in [3.8, 4) is 0 Å². The molecule has 0 aromatic heterocycles. The number of hydrogen-bond donors (Lipinski definition) is 3. The van der Waals surface area contributed by atoms with Crippen LogP contribution >= 0.6 is 0 Å². The molecule has 0 saturated heterocycles. The number of nitrogens with two attached hydrogens (primary N) is 1. The topological polar surface area (TPSA) is 70.6 Å². The zero-order chi connectivity index (χ0) is 14.2. The molecule has 2 fully saturated rings. The minimum Gasteiger partial charge on any atom is -0.409 e. The Kier molecular flexibility index (Phi) is 3.38. The summed E-state index contributed by atoms with van der Waals surface area (Å²) < 4.78 is 13.5. The predicted molar refractivity (Wildman–Crippen MR) is 75.0 cm³/mol. The molecule has 0 spiro atoms. The van der Waals surface area contributed by atoms with E-state index in [2.05, 4.69) is 10.5 Å². The second-order valence-electron chi connectivity index (χ2n) is 6.07. The molecule has 0 aliphatic heterocycles. The molecule has 0 unspecified atom stereocenters. The second kappa shape index (κ2) is 5.05. The maximum Gasteiger partial charge on any atom is 0.170 e. The van der Waals surface area contributed by atoms with Gasteiger partial charge in [0.2, 0.25) is 0 Å².